The van der Waals surface area contributed by atoms with Gasteiger partial charge in [-0.2, -0.15) is 0 Å². The molecule has 1 aromatic carbocycles. The first kappa shape index (κ1) is 18.8. The van der Waals surface area contributed by atoms with Crippen LogP contribution in [0.1, 0.15) is 12.5 Å². The highest BCUT2D eigenvalue weighted by Crippen LogP contribution is 2.37. The molecule has 0 aliphatic carbocycles. The molecular formula is C16H17BrN2O6. The summed E-state index contributed by atoms with van der Waals surface area (Å²) in [4.78, 5) is 35.8. The van der Waals surface area contributed by atoms with Crippen LogP contribution < -0.4 is 14.8 Å². The second-order valence-electron chi connectivity index (χ2n) is 4.98. The second kappa shape index (κ2) is 8.02. The number of imide groups is 1. The lowest BCUT2D eigenvalue weighted by Crippen LogP contribution is -2.25. The zero-order valence-corrected chi connectivity index (χ0v) is 15.5. The maximum absolute atomic E-state index is 11.9. The van der Waals surface area contributed by atoms with Crippen LogP contribution in [0.15, 0.2) is 22.3 Å². The summed E-state index contributed by atoms with van der Waals surface area (Å²) in [5.41, 5.74) is 0.757. The molecule has 1 saturated heterocycles. The topological polar surface area (TPSA) is 94.2 Å². The number of carbonyl (C=O) groups is 3. The van der Waals surface area contributed by atoms with E-state index in [0.29, 0.717) is 21.5 Å². The molecule has 8 nitrogen and oxygen atoms in total. The maximum Gasteiger partial charge on any atom is 0.344 e. The Bertz CT molecular complexity index is 746. The molecule has 1 aliphatic heterocycles. The van der Waals surface area contributed by atoms with E-state index in [9.17, 15) is 14.4 Å². The van der Waals surface area contributed by atoms with Gasteiger partial charge in [-0.1, -0.05) is 0 Å². The number of urea groups is 1. The Labute approximate surface area is 152 Å². The Balaban J connectivity index is 2.26. The second-order valence-corrected chi connectivity index (χ2v) is 5.83. The summed E-state index contributed by atoms with van der Waals surface area (Å²) >= 11 is 3.35. The number of likely N-dealkylation sites (N-methyl/N-ethyl adjacent to an activating group) is 1. The number of ether oxygens (including phenoxy) is 3. The van der Waals surface area contributed by atoms with Crippen molar-refractivity contribution >= 4 is 39.9 Å². The SMILES string of the molecule is CCOC(=O)COc1c(Br)cc(/C=C2/NC(=O)N(C)C2=O)cc1OC. The van der Waals surface area contributed by atoms with Crippen molar-refractivity contribution in [3.63, 3.8) is 0 Å². The van der Waals surface area contributed by atoms with Crippen LogP contribution in [0.2, 0.25) is 0 Å². The van der Waals surface area contributed by atoms with Crippen molar-refractivity contribution in [1.82, 2.24) is 10.2 Å². The zero-order chi connectivity index (χ0) is 18.6. The van der Waals surface area contributed by atoms with Crippen LogP contribution in [0, 0.1) is 0 Å². The summed E-state index contributed by atoms with van der Waals surface area (Å²) in [5.74, 6) is -0.236. The van der Waals surface area contributed by atoms with E-state index >= 15 is 0 Å². The quantitative estimate of drug-likeness (QED) is 0.435. The Morgan fingerprint density at radius 3 is 2.64 bits per heavy atom. The van der Waals surface area contributed by atoms with Gasteiger partial charge in [0.25, 0.3) is 5.91 Å². The Morgan fingerprint density at radius 1 is 1.36 bits per heavy atom. The van der Waals surface area contributed by atoms with Crippen molar-refractivity contribution in [2.24, 2.45) is 0 Å². The molecule has 0 unspecified atom stereocenters. The van der Waals surface area contributed by atoms with Gasteiger partial charge in [0.2, 0.25) is 0 Å². The lowest BCUT2D eigenvalue weighted by molar-refractivity contribution is -0.145. The molecule has 9 heteroatoms. The van der Waals surface area contributed by atoms with Crippen molar-refractivity contribution in [3.05, 3.63) is 27.9 Å². The monoisotopic (exact) mass is 412 g/mol. The number of hydrogen-bond acceptors (Lipinski definition) is 6. The van der Waals surface area contributed by atoms with Gasteiger partial charge in [0.1, 0.15) is 5.70 Å². The van der Waals surface area contributed by atoms with E-state index in [1.807, 2.05) is 0 Å². The molecule has 0 bridgehead atoms. The molecule has 1 aliphatic rings. The van der Waals surface area contributed by atoms with E-state index in [0.717, 1.165) is 4.90 Å². The molecule has 1 heterocycles. The van der Waals surface area contributed by atoms with Crippen LogP contribution in [0.3, 0.4) is 0 Å². The molecule has 134 valence electrons. The number of hydrogen-bond donors (Lipinski definition) is 1. The van der Waals surface area contributed by atoms with Crippen molar-refractivity contribution in [2.45, 2.75) is 6.92 Å². The van der Waals surface area contributed by atoms with E-state index in [1.54, 1.807) is 19.1 Å². The van der Waals surface area contributed by atoms with Gasteiger partial charge in [-0.3, -0.25) is 9.69 Å². The number of benzene rings is 1. The largest absolute Gasteiger partial charge is 0.493 e. The standard InChI is InChI=1S/C16H17BrN2O6/c1-4-24-13(20)8-25-14-10(17)5-9(7-12(14)23-3)6-11-15(21)19(2)16(22)18-11/h5-7H,4,8H2,1-3H3,(H,18,22)/b11-6+. The molecule has 0 saturated carbocycles. The highest BCUT2D eigenvalue weighted by atomic mass is 79.9. The molecule has 2 rings (SSSR count). The summed E-state index contributed by atoms with van der Waals surface area (Å²) in [6.45, 7) is 1.71. The third-order valence-electron chi connectivity index (χ3n) is 3.28. The number of halogens is 1. The van der Waals surface area contributed by atoms with E-state index in [1.165, 1.54) is 20.2 Å². The first-order chi connectivity index (χ1) is 11.9. The van der Waals surface area contributed by atoms with Gasteiger partial charge in [0.05, 0.1) is 18.2 Å². The number of amides is 3. The molecule has 25 heavy (non-hydrogen) atoms. The first-order valence-electron chi connectivity index (χ1n) is 7.34. The van der Waals surface area contributed by atoms with Crippen molar-refractivity contribution in [2.75, 3.05) is 27.4 Å². The smallest absolute Gasteiger partial charge is 0.344 e. The average molecular weight is 413 g/mol. The number of rotatable bonds is 6. The number of methoxy groups -OCH3 is 1. The van der Waals surface area contributed by atoms with Gasteiger partial charge in [0.15, 0.2) is 18.1 Å². The molecule has 0 radical (unpaired) electrons. The fourth-order valence-electron chi connectivity index (χ4n) is 2.09. The molecule has 0 aromatic heterocycles. The van der Waals surface area contributed by atoms with Crippen molar-refractivity contribution < 1.29 is 28.6 Å². The van der Waals surface area contributed by atoms with Gasteiger partial charge < -0.3 is 19.5 Å². The van der Waals surface area contributed by atoms with Gasteiger partial charge in [-0.25, -0.2) is 9.59 Å². The minimum atomic E-state index is -0.495. The highest BCUT2D eigenvalue weighted by molar-refractivity contribution is 9.10. The van der Waals surface area contributed by atoms with E-state index in [-0.39, 0.29) is 18.9 Å². The van der Waals surface area contributed by atoms with E-state index in [2.05, 4.69) is 21.2 Å². The molecule has 0 spiro atoms. The van der Waals surface area contributed by atoms with Gasteiger partial charge in [0, 0.05) is 7.05 Å². The summed E-state index contributed by atoms with van der Waals surface area (Å²) in [6, 6.07) is 2.81. The highest BCUT2D eigenvalue weighted by Gasteiger charge is 2.30. The van der Waals surface area contributed by atoms with Crippen LogP contribution in [0.25, 0.3) is 6.08 Å². The minimum Gasteiger partial charge on any atom is -0.493 e. The van der Waals surface area contributed by atoms with Crippen LogP contribution in [0.5, 0.6) is 11.5 Å². The molecule has 1 fully saturated rings. The molecular weight excluding hydrogens is 396 g/mol. The van der Waals surface area contributed by atoms with E-state index < -0.39 is 17.9 Å². The predicted molar refractivity (Wildman–Crippen MR) is 92.1 cm³/mol. The predicted octanol–water partition coefficient (Wildman–Crippen LogP) is 1.92. The van der Waals surface area contributed by atoms with Gasteiger partial charge in [-0.15, -0.1) is 0 Å². The fourth-order valence-corrected chi connectivity index (χ4v) is 2.66. The summed E-state index contributed by atoms with van der Waals surface area (Å²) < 4.78 is 16.0. The number of esters is 1. The third-order valence-corrected chi connectivity index (χ3v) is 3.87. The van der Waals surface area contributed by atoms with Crippen LogP contribution >= 0.6 is 15.9 Å². The number of carbonyl (C=O) groups excluding carboxylic acids is 3. The first-order valence-corrected chi connectivity index (χ1v) is 8.13. The average Bonchev–Trinajstić information content (AvgIpc) is 2.80. The fraction of sp³-hybridized carbons (Fsp3) is 0.312. The van der Waals surface area contributed by atoms with Crippen LogP contribution in [-0.4, -0.2) is 50.2 Å². The lowest BCUT2D eigenvalue weighted by Gasteiger charge is -2.13. The lowest BCUT2D eigenvalue weighted by atomic mass is 10.1. The van der Waals surface area contributed by atoms with Crippen LogP contribution in [-0.2, 0) is 14.3 Å². The zero-order valence-electron chi connectivity index (χ0n) is 13.9. The summed E-state index contributed by atoms with van der Waals surface area (Å²) in [5, 5.41) is 2.48. The molecule has 1 N–H and O–H groups in total. The Kier molecular flexibility index (Phi) is 6.02. The third kappa shape index (κ3) is 4.30. The van der Waals surface area contributed by atoms with Crippen molar-refractivity contribution in [3.8, 4) is 11.5 Å². The van der Waals surface area contributed by atoms with Crippen molar-refractivity contribution in [1.29, 1.82) is 0 Å². The molecule has 3 amide bonds. The Morgan fingerprint density at radius 2 is 2.08 bits per heavy atom. The normalized spacial score (nSPS) is 15.4. The Hall–Kier alpha value is -2.55. The van der Waals surface area contributed by atoms with Gasteiger partial charge >= 0.3 is 12.0 Å². The minimum absolute atomic E-state index is 0.154. The maximum atomic E-state index is 11.9. The van der Waals surface area contributed by atoms with E-state index in [4.69, 9.17) is 14.2 Å². The summed E-state index contributed by atoms with van der Waals surface area (Å²) in [6.07, 6.45) is 1.52. The number of nitrogens with zero attached hydrogens (tertiary/aromatic N) is 1. The van der Waals surface area contributed by atoms with Gasteiger partial charge in [-0.05, 0) is 46.6 Å². The number of nitrogens with one attached hydrogen (secondary N) is 1. The molecule has 0 atom stereocenters. The van der Waals surface area contributed by atoms with Crippen LogP contribution in [0.4, 0.5) is 4.79 Å². The summed E-state index contributed by atoms with van der Waals surface area (Å²) in [7, 11) is 2.84. The molecule has 1 aromatic rings.